The molecule has 1 heterocycles. The number of pyridine rings is 1. The summed E-state index contributed by atoms with van der Waals surface area (Å²) in [6.45, 7) is 1.56. The lowest BCUT2D eigenvalue weighted by Gasteiger charge is -2.17. The van der Waals surface area contributed by atoms with Gasteiger partial charge >= 0.3 is 5.97 Å². The minimum atomic E-state index is -1.08. The zero-order valence-corrected chi connectivity index (χ0v) is 11.1. The van der Waals surface area contributed by atoms with Gasteiger partial charge in [-0.25, -0.2) is 4.79 Å². The van der Waals surface area contributed by atoms with Gasteiger partial charge in [-0.1, -0.05) is 17.7 Å². The third-order valence-corrected chi connectivity index (χ3v) is 3.83. The molecule has 1 aromatic carbocycles. The zero-order valence-electron chi connectivity index (χ0n) is 10.3. The standard InChI is InChI=1S/C14H12ClNO3/c1-7-11(14(18)19)16(8-5-6-8)12-9(13(7)17)3-2-4-10(12)15/h2-4,8H,5-6H2,1H3,(H,18,19). The summed E-state index contributed by atoms with van der Waals surface area (Å²) in [5.74, 6) is -1.08. The molecule has 2 aromatic rings. The van der Waals surface area contributed by atoms with Crippen LogP contribution in [0.25, 0.3) is 10.9 Å². The Kier molecular flexibility index (Phi) is 2.64. The van der Waals surface area contributed by atoms with E-state index >= 15 is 0 Å². The van der Waals surface area contributed by atoms with E-state index in [2.05, 4.69) is 0 Å². The van der Waals surface area contributed by atoms with Crippen LogP contribution in [-0.4, -0.2) is 15.6 Å². The number of rotatable bonds is 2. The number of fused-ring (bicyclic) bond motifs is 1. The fourth-order valence-corrected chi connectivity index (χ4v) is 2.77. The molecule has 0 saturated heterocycles. The van der Waals surface area contributed by atoms with Gasteiger partial charge in [-0.2, -0.15) is 0 Å². The second-order valence-electron chi connectivity index (χ2n) is 4.85. The summed E-state index contributed by atoms with van der Waals surface area (Å²) >= 11 is 6.18. The Morgan fingerprint density at radius 1 is 1.42 bits per heavy atom. The highest BCUT2D eigenvalue weighted by molar-refractivity contribution is 6.35. The molecule has 5 heteroatoms. The lowest BCUT2D eigenvalue weighted by atomic mass is 10.1. The van der Waals surface area contributed by atoms with Crippen LogP contribution >= 0.6 is 11.6 Å². The average molecular weight is 278 g/mol. The van der Waals surface area contributed by atoms with Crippen LogP contribution < -0.4 is 5.43 Å². The predicted molar refractivity (Wildman–Crippen MR) is 73.2 cm³/mol. The van der Waals surface area contributed by atoms with E-state index in [1.54, 1.807) is 29.7 Å². The molecule has 1 N–H and O–H groups in total. The molecular weight excluding hydrogens is 266 g/mol. The lowest BCUT2D eigenvalue weighted by molar-refractivity contribution is 0.0683. The highest BCUT2D eigenvalue weighted by Crippen LogP contribution is 2.40. The highest BCUT2D eigenvalue weighted by atomic mass is 35.5. The molecule has 1 fully saturated rings. The summed E-state index contributed by atoms with van der Waals surface area (Å²) < 4.78 is 1.72. The molecule has 98 valence electrons. The molecule has 1 saturated carbocycles. The summed E-state index contributed by atoms with van der Waals surface area (Å²) in [7, 11) is 0. The highest BCUT2D eigenvalue weighted by Gasteiger charge is 2.31. The van der Waals surface area contributed by atoms with E-state index in [0.717, 1.165) is 12.8 Å². The molecule has 0 amide bonds. The van der Waals surface area contributed by atoms with Crippen LogP contribution in [0.4, 0.5) is 0 Å². The van der Waals surface area contributed by atoms with Gasteiger partial charge in [0.2, 0.25) is 0 Å². The molecular formula is C14H12ClNO3. The number of halogens is 1. The van der Waals surface area contributed by atoms with Gasteiger partial charge in [0.05, 0.1) is 10.5 Å². The Morgan fingerprint density at radius 3 is 2.68 bits per heavy atom. The third-order valence-electron chi connectivity index (χ3n) is 3.52. The molecule has 0 spiro atoms. The molecule has 0 bridgehead atoms. The van der Waals surface area contributed by atoms with Crippen LogP contribution in [0.15, 0.2) is 23.0 Å². The Bertz CT molecular complexity index is 759. The molecule has 1 aliphatic carbocycles. The minimum Gasteiger partial charge on any atom is -0.477 e. The van der Waals surface area contributed by atoms with E-state index in [1.807, 2.05) is 0 Å². The second kappa shape index (κ2) is 4.10. The topological polar surface area (TPSA) is 59.3 Å². The van der Waals surface area contributed by atoms with Gasteiger partial charge in [-0.05, 0) is 31.9 Å². The number of hydrogen-bond donors (Lipinski definition) is 1. The van der Waals surface area contributed by atoms with E-state index in [9.17, 15) is 14.7 Å². The Labute approximate surface area is 114 Å². The molecule has 0 atom stereocenters. The minimum absolute atomic E-state index is 0.0631. The number of carboxylic acid groups (broad SMARTS) is 1. The number of nitrogens with zero attached hydrogens (tertiary/aromatic N) is 1. The Hall–Kier alpha value is -1.81. The van der Waals surface area contributed by atoms with Gasteiger partial charge in [0.25, 0.3) is 0 Å². The van der Waals surface area contributed by atoms with Crippen molar-refractivity contribution in [3.05, 3.63) is 44.7 Å². The van der Waals surface area contributed by atoms with Gasteiger partial charge < -0.3 is 9.67 Å². The molecule has 1 aromatic heterocycles. The van der Waals surface area contributed by atoms with E-state index in [4.69, 9.17) is 11.6 Å². The van der Waals surface area contributed by atoms with Gasteiger partial charge in [0, 0.05) is 17.0 Å². The van der Waals surface area contributed by atoms with Crippen LogP contribution in [0.1, 0.15) is 34.9 Å². The first kappa shape index (κ1) is 12.2. The van der Waals surface area contributed by atoms with Crippen molar-refractivity contribution in [2.75, 3.05) is 0 Å². The van der Waals surface area contributed by atoms with Crippen molar-refractivity contribution >= 4 is 28.5 Å². The molecule has 19 heavy (non-hydrogen) atoms. The normalized spacial score (nSPS) is 14.8. The van der Waals surface area contributed by atoms with Gasteiger partial charge in [0.1, 0.15) is 5.69 Å². The average Bonchev–Trinajstić information content (AvgIpc) is 3.17. The number of carbonyl (C=O) groups is 1. The van der Waals surface area contributed by atoms with Crippen molar-refractivity contribution in [1.29, 1.82) is 0 Å². The maximum absolute atomic E-state index is 12.3. The predicted octanol–water partition coefficient (Wildman–Crippen LogP) is 3.00. The summed E-state index contributed by atoms with van der Waals surface area (Å²) in [6, 6.07) is 5.22. The van der Waals surface area contributed by atoms with Crippen LogP contribution in [0.5, 0.6) is 0 Å². The van der Waals surface area contributed by atoms with E-state index in [0.29, 0.717) is 15.9 Å². The fourth-order valence-electron chi connectivity index (χ4n) is 2.51. The second-order valence-corrected chi connectivity index (χ2v) is 5.25. The summed E-state index contributed by atoms with van der Waals surface area (Å²) in [4.78, 5) is 23.7. The number of aromatic nitrogens is 1. The van der Waals surface area contributed by atoms with Gasteiger partial charge in [0.15, 0.2) is 5.43 Å². The third kappa shape index (κ3) is 1.75. The molecule has 3 rings (SSSR count). The maximum atomic E-state index is 12.3. The molecule has 0 unspecified atom stereocenters. The maximum Gasteiger partial charge on any atom is 0.352 e. The smallest absolute Gasteiger partial charge is 0.352 e. The van der Waals surface area contributed by atoms with Gasteiger partial charge in [-0.15, -0.1) is 0 Å². The Balaban J connectivity index is 2.58. The first-order valence-corrected chi connectivity index (χ1v) is 6.46. The van der Waals surface area contributed by atoms with Crippen molar-refractivity contribution in [2.24, 2.45) is 0 Å². The van der Waals surface area contributed by atoms with Crippen molar-refractivity contribution < 1.29 is 9.90 Å². The van der Waals surface area contributed by atoms with E-state index < -0.39 is 5.97 Å². The first-order chi connectivity index (χ1) is 9.02. The summed E-state index contributed by atoms with van der Waals surface area (Å²) in [5, 5.41) is 10.3. The number of para-hydroxylation sites is 1. The summed E-state index contributed by atoms with van der Waals surface area (Å²) in [6.07, 6.45) is 1.84. The molecule has 1 aliphatic rings. The van der Waals surface area contributed by atoms with Crippen LogP contribution in [0, 0.1) is 6.92 Å². The van der Waals surface area contributed by atoms with Crippen molar-refractivity contribution in [3.8, 4) is 0 Å². The van der Waals surface area contributed by atoms with Crippen LogP contribution in [0.2, 0.25) is 5.02 Å². The first-order valence-electron chi connectivity index (χ1n) is 6.09. The number of hydrogen-bond acceptors (Lipinski definition) is 2. The number of carboxylic acids is 1. The zero-order chi connectivity index (χ0) is 13.7. The van der Waals surface area contributed by atoms with Gasteiger partial charge in [-0.3, -0.25) is 4.79 Å². The van der Waals surface area contributed by atoms with Crippen molar-refractivity contribution in [2.45, 2.75) is 25.8 Å². The largest absolute Gasteiger partial charge is 0.477 e. The summed E-state index contributed by atoms with van der Waals surface area (Å²) in [5.41, 5.74) is 0.619. The fraction of sp³-hybridized carbons (Fsp3) is 0.286. The molecule has 4 nitrogen and oxygen atoms in total. The Morgan fingerprint density at radius 2 is 2.11 bits per heavy atom. The van der Waals surface area contributed by atoms with Crippen molar-refractivity contribution in [3.63, 3.8) is 0 Å². The molecule has 0 radical (unpaired) electrons. The monoisotopic (exact) mass is 277 g/mol. The SMILES string of the molecule is Cc1c(C(=O)O)n(C2CC2)c2c(Cl)cccc2c1=O. The van der Waals surface area contributed by atoms with E-state index in [-0.39, 0.29) is 22.7 Å². The van der Waals surface area contributed by atoms with Crippen molar-refractivity contribution in [1.82, 2.24) is 4.57 Å². The van der Waals surface area contributed by atoms with Crippen LogP contribution in [0.3, 0.4) is 0 Å². The quantitative estimate of drug-likeness (QED) is 0.918. The number of aromatic carboxylic acids is 1. The lowest BCUT2D eigenvalue weighted by Crippen LogP contribution is -2.21. The van der Waals surface area contributed by atoms with Crippen LogP contribution in [-0.2, 0) is 0 Å². The van der Waals surface area contributed by atoms with E-state index in [1.165, 1.54) is 0 Å². The number of benzene rings is 1. The molecule has 0 aliphatic heterocycles.